The van der Waals surface area contributed by atoms with Gasteiger partial charge in [0.2, 0.25) is 0 Å². The van der Waals surface area contributed by atoms with Crippen molar-refractivity contribution in [3.63, 3.8) is 0 Å². The maximum Gasteiger partial charge on any atom is 0.416 e. The van der Waals surface area contributed by atoms with Gasteiger partial charge < -0.3 is 4.74 Å². The van der Waals surface area contributed by atoms with E-state index in [4.69, 9.17) is 4.74 Å². The van der Waals surface area contributed by atoms with Crippen molar-refractivity contribution in [3.05, 3.63) is 35.0 Å². The molecule has 0 saturated carbocycles. The zero-order valence-corrected chi connectivity index (χ0v) is 15.5. The summed E-state index contributed by atoms with van der Waals surface area (Å²) in [4.78, 5) is 22.6. The van der Waals surface area contributed by atoms with Gasteiger partial charge in [0.1, 0.15) is 17.6 Å². The number of pyridine rings is 1. The molecule has 1 aromatic heterocycles. The minimum absolute atomic E-state index is 0.124. The molecule has 2 heterocycles. The average Bonchev–Trinajstić information content (AvgIpc) is 2.51. The summed E-state index contributed by atoms with van der Waals surface area (Å²) in [6.07, 6.45) is 2.31. The molecule has 1 aliphatic rings. The average molecular weight is 347 g/mol. The van der Waals surface area contributed by atoms with E-state index < -0.39 is 17.9 Å². The van der Waals surface area contributed by atoms with Crippen LogP contribution < -0.4 is 4.90 Å². The van der Waals surface area contributed by atoms with E-state index in [2.05, 4.69) is 16.9 Å². The van der Waals surface area contributed by atoms with E-state index in [0.29, 0.717) is 11.4 Å². The summed E-state index contributed by atoms with van der Waals surface area (Å²) >= 11 is 0. The lowest BCUT2D eigenvalue weighted by atomic mass is 10.1. The smallest absolute Gasteiger partial charge is 0.416 e. The van der Waals surface area contributed by atoms with Gasteiger partial charge in [0, 0.05) is 11.9 Å². The van der Waals surface area contributed by atoms with Crippen LogP contribution in [0.2, 0.25) is 0 Å². The van der Waals surface area contributed by atoms with Gasteiger partial charge >= 0.3 is 6.09 Å². The first kappa shape index (κ1) is 19.1. The molecule has 0 fully saturated rings. The van der Waals surface area contributed by atoms with Crippen molar-refractivity contribution in [3.8, 4) is 0 Å². The Hall–Kier alpha value is -2.24. The molecule has 0 spiro atoms. The zero-order chi connectivity index (χ0) is 18.6. The van der Waals surface area contributed by atoms with Crippen LogP contribution in [0.25, 0.3) is 0 Å². The fourth-order valence-corrected chi connectivity index (χ4v) is 2.53. The van der Waals surface area contributed by atoms with Crippen LogP contribution in [0.1, 0.15) is 39.0 Å². The monoisotopic (exact) mass is 347 g/mol. The minimum atomic E-state index is -1.13. The highest BCUT2D eigenvalue weighted by molar-refractivity contribution is 5.90. The van der Waals surface area contributed by atoms with Crippen LogP contribution in [-0.4, -0.2) is 42.2 Å². The number of dihydropyridines is 1. The Balaban J connectivity index is 2.33. The fraction of sp³-hybridized carbons (Fsp3) is 0.526. The molecule has 136 valence electrons. The number of anilines is 1. The number of amides is 1. The van der Waals surface area contributed by atoms with E-state index in [1.165, 1.54) is 11.0 Å². The number of carbonyl (C=O) groups excluding carboxylic acids is 1. The number of nitrogens with zero attached hydrogens (tertiary/aromatic N) is 3. The van der Waals surface area contributed by atoms with Gasteiger partial charge in [-0.3, -0.25) is 9.89 Å². The molecule has 25 heavy (non-hydrogen) atoms. The summed E-state index contributed by atoms with van der Waals surface area (Å²) in [6, 6.07) is 3.75. The van der Waals surface area contributed by atoms with Crippen molar-refractivity contribution < 1.29 is 13.9 Å². The summed E-state index contributed by atoms with van der Waals surface area (Å²) in [5.41, 5.74) is 1.98. The Labute approximate surface area is 148 Å². The van der Waals surface area contributed by atoms with E-state index in [-0.39, 0.29) is 13.1 Å². The van der Waals surface area contributed by atoms with Gasteiger partial charge in [-0.1, -0.05) is 13.0 Å². The molecule has 0 radical (unpaired) electrons. The largest absolute Gasteiger partial charge is 0.443 e. The van der Waals surface area contributed by atoms with E-state index in [1.807, 2.05) is 13.0 Å². The predicted octanol–water partition coefficient (Wildman–Crippen LogP) is 4.04. The number of alkyl halides is 1. The first-order chi connectivity index (χ1) is 11.7. The topological polar surface area (TPSA) is 54.8 Å². The standard InChI is InChI=1S/C19H26FN3O2/c1-6-15-7-8-17(22-13(15)2)23(18(24)25-19(3,4)5)12-14-9-16(20)11-21-10-14/h7-10,16H,6,11-12H2,1-5H3. The fourth-order valence-electron chi connectivity index (χ4n) is 2.53. The summed E-state index contributed by atoms with van der Waals surface area (Å²) in [5.74, 6) is 0.485. The molecule has 5 nitrogen and oxygen atoms in total. The highest BCUT2D eigenvalue weighted by Gasteiger charge is 2.26. The second-order valence-corrected chi connectivity index (χ2v) is 7.09. The number of rotatable bonds is 4. The van der Waals surface area contributed by atoms with Crippen LogP contribution >= 0.6 is 0 Å². The summed E-state index contributed by atoms with van der Waals surface area (Å²) in [7, 11) is 0. The van der Waals surface area contributed by atoms with Gasteiger partial charge in [-0.15, -0.1) is 0 Å². The minimum Gasteiger partial charge on any atom is -0.443 e. The molecular weight excluding hydrogens is 321 g/mol. The Kier molecular flexibility index (Phi) is 5.93. The molecule has 1 aromatic rings. The van der Waals surface area contributed by atoms with Gasteiger partial charge in [0.05, 0.1) is 13.1 Å². The Bertz CT molecular complexity index is 692. The van der Waals surface area contributed by atoms with E-state index in [0.717, 1.165) is 17.7 Å². The molecule has 1 unspecified atom stereocenters. The Morgan fingerprint density at radius 2 is 2.12 bits per heavy atom. The molecule has 0 aromatic carbocycles. The maximum atomic E-state index is 13.6. The molecule has 0 aliphatic carbocycles. The molecule has 0 saturated heterocycles. The first-order valence-electron chi connectivity index (χ1n) is 8.51. The maximum absolute atomic E-state index is 13.6. The van der Waals surface area contributed by atoms with Gasteiger partial charge in [-0.2, -0.15) is 0 Å². The van der Waals surface area contributed by atoms with Crippen LogP contribution in [0, 0.1) is 6.92 Å². The number of aryl methyl sites for hydroxylation is 2. The number of hydrogen-bond acceptors (Lipinski definition) is 4. The summed E-state index contributed by atoms with van der Waals surface area (Å²) in [6.45, 7) is 9.67. The van der Waals surface area contributed by atoms with E-state index >= 15 is 0 Å². The highest BCUT2D eigenvalue weighted by atomic mass is 19.1. The van der Waals surface area contributed by atoms with Gasteiger partial charge in [0.15, 0.2) is 0 Å². The van der Waals surface area contributed by atoms with Crippen LogP contribution in [0.15, 0.2) is 28.8 Å². The van der Waals surface area contributed by atoms with Crippen molar-refractivity contribution in [1.82, 2.24) is 4.98 Å². The van der Waals surface area contributed by atoms with Crippen molar-refractivity contribution in [2.45, 2.75) is 52.8 Å². The van der Waals surface area contributed by atoms with Crippen molar-refractivity contribution in [1.29, 1.82) is 0 Å². The third-order valence-corrected chi connectivity index (χ3v) is 3.72. The van der Waals surface area contributed by atoms with Gasteiger partial charge in [0.25, 0.3) is 0 Å². The number of hydrogen-bond donors (Lipinski definition) is 0. The lowest BCUT2D eigenvalue weighted by Gasteiger charge is -2.28. The second-order valence-electron chi connectivity index (χ2n) is 7.09. The number of ether oxygens (including phenoxy) is 1. The molecule has 2 rings (SSSR count). The normalized spacial score (nSPS) is 17.2. The van der Waals surface area contributed by atoms with E-state index in [1.54, 1.807) is 33.1 Å². The molecule has 6 heteroatoms. The summed E-state index contributed by atoms with van der Waals surface area (Å²) in [5, 5.41) is 0. The third kappa shape index (κ3) is 5.37. The molecule has 1 atom stereocenters. The lowest BCUT2D eigenvalue weighted by molar-refractivity contribution is 0.0582. The number of aromatic nitrogens is 1. The molecule has 0 bridgehead atoms. The molecule has 0 N–H and O–H groups in total. The molecule has 1 amide bonds. The molecule has 1 aliphatic heterocycles. The number of halogens is 1. The van der Waals surface area contributed by atoms with Crippen LogP contribution in [0.4, 0.5) is 15.0 Å². The number of carbonyl (C=O) groups is 1. The Morgan fingerprint density at radius 1 is 1.40 bits per heavy atom. The Morgan fingerprint density at radius 3 is 2.68 bits per heavy atom. The van der Waals surface area contributed by atoms with Gasteiger partial charge in [-0.25, -0.2) is 14.2 Å². The van der Waals surface area contributed by atoms with Crippen molar-refractivity contribution >= 4 is 18.1 Å². The number of aliphatic imine (C=N–C) groups is 1. The SMILES string of the molecule is CCc1ccc(N(CC2=CC(F)CN=C2)C(=O)OC(C)(C)C)nc1C. The van der Waals surface area contributed by atoms with Crippen molar-refractivity contribution in [2.24, 2.45) is 4.99 Å². The van der Waals surface area contributed by atoms with Crippen LogP contribution in [0.5, 0.6) is 0 Å². The van der Waals surface area contributed by atoms with Crippen LogP contribution in [0.3, 0.4) is 0 Å². The first-order valence-corrected chi connectivity index (χ1v) is 8.51. The quantitative estimate of drug-likeness (QED) is 0.826. The molecular formula is C19H26FN3O2. The highest BCUT2D eigenvalue weighted by Crippen LogP contribution is 2.20. The summed E-state index contributed by atoms with van der Waals surface area (Å²) < 4.78 is 19.1. The third-order valence-electron chi connectivity index (χ3n) is 3.72. The lowest BCUT2D eigenvalue weighted by Crippen LogP contribution is -2.39. The van der Waals surface area contributed by atoms with Gasteiger partial charge in [-0.05, 0) is 57.4 Å². The predicted molar refractivity (Wildman–Crippen MR) is 98.3 cm³/mol. The second kappa shape index (κ2) is 7.76. The van der Waals surface area contributed by atoms with E-state index in [9.17, 15) is 9.18 Å². The van der Waals surface area contributed by atoms with Crippen molar-refractivity contribution in [2.75, 3.05) is 18.0 Å². The van der Waals surface area contributed by atoms with Crippen LogP contribution in [-0.2, 0) is 11.2 Å². The zero-order valence-electron chi connectivity index (χ0n) is 15.5.